The molecule has 2 nitrogen and oxygen atoms in total. The molecule has 2 heteroatoms. The van der Waals surface area contributed by atoms with E-state index < -0.39 is 6.10 Å². The van der Waals surface area contributed by atoms with E-state index in [1.807, 2.05) is 19.1 Å². The molecule has 0 bridgehead atoms. The van der Waals surface area contributed by atoms with Gasteiger partial charge in [-0.15, -0.1) is 0 Å². The Hall–Kier alpha value is -0.890. The van der Waals surface area contributed by atoms with E-state index in [9.17, 15) is 5.11 Å². The Morgan fingerprint density at radius 3 is 2.45 bits per heavy atom. The Bertz CT molecular complexity index is 246. The Kier molecular flexibility index (Phi) is 2.25. The lowest BCUT2D eigenvalue weighted by molar-refractivity contribution is 0.238. The SMILES string of the molecule is CN=C1C(C)=CC=C1[C@@H](C)O. The number of aliphatic imine (C=N–C) groups is 1. The number of allylic oxidation sites excluding steroid dienone is 3. The predicted molar refractivity (Wildman–Crippen MR) is 46.9 cm³/mol. The van der Waals surface area contributed by atoms with Crippen LogP contribution in [0.1, 0.15) is 13.8 Å². The smallest absolute Gasteiger partial charge is 0.0782 e. The van der Waals surface area contributed by atoms with Crippen LogP contribution in [0.2, 0.25) is 0 Å². The van der Waals surface area contributed by atoms with Crippen molar-refractivity contribution in [3.8, 4) is 0 Å². The molecule has 0 amide bonds. The molecule has 1 aliphatic carbocycles. The maximum Gasteiger partial charge on any atom is 0.0782 e. The third-order valence-electron chi connectivity index (χ3n) is 1.83. The van der Waals surface area contributed by atoms with Gasteiger partial charge in [0.15, 0.2) is 0 Å². The van der Waals surface area contributed by atoms with Crippen LogP contribution in [0.25, 0.3) is 0 Å². The summed E-state index contributed by atoms with van der Waals surface area (Å²) in [6.07, 6.45) is 3.48. The summed E-state index contributed by atoms with van der Waals surface area (Å²) in [5.74, 6) is 0. The molecule has 0 saturated heterocycles. The van der Waals surface area contributed by atoms with Crippen LogP contribution in [0.4, 0.5) is 0 Å². The predicted octanol–water partition coefficient (Wildman–Crippen LogP) is 1.32. The molecule has 0 aliphatic heterocycles. The van der Waals surface area contributed by atoms with Gasteiger partial charge in [0.05, 0.1) is 11.8 Å². The van der Waals surface area contributed by atoms with Gasteiger partial charge >= 0.3 is 0 Å². The summed E-state index contributed by atoms with van der Waals surface area (Å²) in [6.45, 7) is 3.75. The van der Waals surface area contributed by atoms with Crippen molar-refractivity contribution in [2.75, 3.05) is 7.05 Å². The molecule has 11 heavy (non-hydrogen) atoms. The molecule has 0 spiro atoms. The molecule has 0 aromatic rings. The zero-order valence-electron chi connectivity index (χ0n) is 7.13. The summed E-state index contributed by atoms with van der Waals surface area (Å²) in [5, 5.41) is 9.29. The summed E-state index contributed by atoms with van der Waals surface area (Å²) in [4.78, 5) is 4.09. The van der Waals surface area contributed by atoms with Crippen molar-refractivity contribution in [2.24, 2.45) is 4.99 Å². The van der Waals surface area contributed by atoms with Gasteiger partial charge in [-0.05, 0) is 19.4 Å². The van der Waals surface area contributed by atoms with Crippen LogP contribution in [-0.4, -0.2) is 24.0 Å². The molecule has 0 fully saturated rings. The van der Waals surface area contributed by atoms with Crippen molar-refractivity contribution in [1.82, 2.24) is 0 Å². The quantitative estimate of drug-likeness (QED) is 0.602. The highest BCUT2D eigenvalue weighted by Crippen LogP contribution is 2.18. The van der Waals surface area contributed by atoms with Crippen LogP contribution < -0.4 is 0 Å². The van der Waals surface area contributed by atoms with Gasteiger partial charge in [-0.1, -0.05) is 12.2 Å². The fourth-order valence-corrected chi connectivity index (χ4v) is 1.24. The van der Waals surface area contributed by atoms with E-state index in [0.29, 0.717) is 0 Å². The van der Waals surface area contributed by atoms with Crippen molar-refractivity contribution < 1.29 is 5.11 Å². The molecule has 60 valence electrons. The number of hydrogen-bond donors (Lipinski definition) is 1. The largest absolute Gasteiger partial charge is 0.389 e. The average molecular weight is 151 g/mol. The van der Waals surface area contributed by atoms with Crippen molar-refractivity contribution in [3.05, 3.63) is 23.3 Å². The minimum absolute atomic E-state index is 0.414. The Morgan fingerprint density at radius 1 is 1.45 bits per heavy atom. The molecule has 1 aliphatic rings. The van der Waals surface area contributed by atoms with Crippen molar-refractivity contribution in [1.29, 1.82) is 0 Å². The number of aliphatic hydroxyl groups is 1. The lowest BCUT2D eigenvalue weighted by Gasteiger charge is -2.07. The molecule has 0 aromatic heterocycles. The molecule has 0 aromatic carbocycles. The number of rotatable bonds is 1. The van der Waals surface area contributed by atoms with E-state index >= 15 is 0 Å². The summed E-state index contributed by atoms with van der Waals surface area (Å²) in [6, 6.07) is 0. The summed E-state index contributed by atoms with van der Waals surface area (Å²) >= 11 is 0. The molecular weight excluding hydrogens is 138 g/mol. The highest BCUT2D eigenvalue weighted by atomic mass is 16.3. The second-order valence-corrected chi connectivity index (χ2v) is 2.72. The molecule has 1 N–H and O–H groups in total. The highest BCUT2D eigenvalue weighted by Gasteiger charge is 2.16. The van der Waals surface area contributed by atoms with Gasteiger partial charge in [0.25, 0.3) is 0 Å². The second-order valence-electron chi connectivity index (χ2n) is 2.72. The van der Waals surface area contributed by atoms with Crippen molar-refractivity contribution in [3.63, 3.8) is 0 Å². The highest BCUT2D eigenvalue weighted by molar-refractivity contribution is 6.15. The summed E-state index contributed by atoms with van der Waals surface area (Å²) in [5.41, 5.74) is 2.98. The first-order valence-corrected chi connectivity index (χ1v) is 3.71. The molecule has 1 atom stereocenters. The van der Waals surface area contributed by atoms with Crippen molar-refractivity contribution >= 4 is 5.71 Å². The van der Waals surface area contributed by atoms with Gasteiger partial charge in [-0.25, -0.2) is 0 Å². The van der Waals surface area contributed by atoms with Crippen molar-refractivity contribution in [2.45, 2.75) is 20.0 Å². The normalized spacial score (nSPS) is 23.5. The summed E-state index contributed by atoms with van der Waals surface area (Å²) in [7, 11) is 1.74. The molecule has 0 unspecified atom stereocenters. The van der Waals surface area contributed by atoms with E-state index in [0.717, 1.165) is 16.9 Å². The van der Waals surface area contributed by atoms with Crippen LogP contribution in [0.3, 0.4) is 0 Å². The minimum Gasteiger partial charge on any atom is -0.389 e. The first-order chi connectivity index (χ1) is 5.16. The molecule has 0 radical (unpaired) electrons. The lowest BCUT2D eigenvalue weighted by Crippen LogP contribution is -2.12. The molecular formula is C9H13NO. The average Bonchev–Trinajstić information content (AvgIpc) is 2.30. The molecule has 1 rings (SSSR count). The first-order valence-electron chi connectivity index (χ1n) is 3.71. The van der Waals surface area contributed by atoms with Gasteiger partial charge in [0.2, 0.25) is 0 Å². The number of hydrogen-bond acceptors (Lipinski definition) is 2. The van der Waals surface area contributed by atoms with Crippen LogP contribution in [0.5, 0.6) is 0 Å². The van der Waals surface area contributed by atoms with E-state index in [2.05, 4.69) is 4.99 Å². The number of nitrogens with zero attached hydrogens (tertiary/aromatic N) is 1. The van der Waals surface area contributed by atoms with Gasteiger partial charge in [-0.3, -0.25) is 4.99 Å². The topological polar surface area (TPSA) is 32.6 Å². The van der Waals surface area contributed by atoms with E-state index in [1.165, 1.54) is 0 Å². The second kappa shape index (κ2) is 3.01. The van der Waals surface area contributed by atoms with Crippen LogP contribution in [0, 0.1) is 0 Å². The Labute approximate surface area is 67.0 Å². The lowest BCUT2D eigenvalue weighted by atomic mass is 10.1. The van der Waals surface area contributed by atoms with Crippen LogP contribution in [-0.2, 0) is 0 Å². The zero-order chi connectivity index (χ0) is 8.43. The first kappa shape index (κ1) is 8.21. The van der Waals surface area contributed by atoms with Crippen LogP contribution >= 0.6 is 0 Å². The Morgan fingerprint density at radius 2 is 2.09 bits per heavy atom. The standard InChI is InChI=1S/C9H13NO/c1-6-4-5-8(7(2)11)9(6)10-3/h4-5,7,11H,1-3H3/t7-/m1/s1. The fourth-order valence-electron chi connectivity index (χ4n) is 1.24. The van der Waals surface area contributed by atoms with E-state index in [-0.39, 0.29) is 0 Å². The van der Waals surface area contributed by atoms with Gasteiger partial charge in [0, 0.05) is 12.6 Å². The van der Waals surface area contributed by atoms with E-state index in [4.69, 9.17) is 0 Å². The van der Waals surface area contributed by atoms with Gasteiger partial charge in [-0.2, -0.15) is 0 Å². The number of aliphatic hydroxyl groups excluding tert-OH is 1. The van der Waals surface area contributed by atoms with Gasteiger partial charge in [0.1, 0.15) is 0 Å². The zero-order valence-corrected chi connectivity index (χ0v) is 7.13. The van der Waals surface area contributed by atoms with Crippen LogP contribution in [0.15, 0.2) is 28.3 Å². The third kappa shape index (κ3) is 1.40. The molecule has 0 heterocycles. The van der Waals surface area contributed by atoms with Gasteiger partial charge < -0.3 is 5.11 Å². The Balaban J connectivity index is 2.92. The van der Waals surface area contributed by atoms with E-state index in [1.54, 1.807) is 14.0 Å². The summed E-state index contributed by atoms with van der Waals surface area (Å²) < 4.78 is 0. The maximum atomic E-state index is 9.29. The molecule has 0 saturated carbocycles. The third-order valence-corrected chi connectivity index (χ3v) is 1.83. The minimum atomic E-state index is -0.414. The maximum absolute atomic E-state index is 9.29. The fraction of sp³-hybridized carbons (Fsp3) is 0.444. The monoisotopic (exact) mass is 151 g/mol.